The molecule has 0 amide bonds. The molecule has 20 heavy (non-hydrogen) atoms. The van der Waals surface area contributed by atoms with Crippen molar-refractivity contribution in [2.24, 2.45) is 0 Å². The maximum Gasteiger partial charge on any atom is 0.0540 e. The fraction of sp³-hybridized carbons (Fsp3) is 0.0526. The second-order valence-electron chi connectivity index (χ2n) is 4.58. The zero-order valence-corrected chi connectivity index (χ0v) is 11.4. The van der Waals surface area contributed by atoms with Crippen LogP contribution in [0.4, 0.5) is 0 Å². The zero-order chi connectivity index (χ0) is 13.9. The number of hydrogen-bond acceptors (Lipinski definition) is 0. The van der Waals surface area contributed by atoms with Crippen molar-refractivity contribution >= 4 is 27.5 Å². The molecule has 0 unspecified atom stereocenters. The molecule has 96 valence electrons. The van der Waals surface area contributed by atoms with Crippen molar-refractivity contribution < 1.29 is 0 Å². The first-order valence-electron chi connectivity index (χ1n) is 6.64. The lowest BCUT2D eigenvalue weighted by Crippen LogP contribution is -1.93. The highest BCUT2D eigenvalue weighted by Crippen LogP contribution is 2.31. The van der Waals surface area contributed by atoms with Gasteiger partial charge in [-0.1, -0.05) is 48.4 Å². The van der Waals surface area contributed by atoms with Crippen LogP contribution in [0.25, 0.3) is 27.5 Å². The van der Waals surface area contributed by atoms with Crippen molar-refractivity contribution in [2.45, 2.75) is 6.92 Å². The van der Waals surface area contributed by atoms with Gasteiger partial charge >= 0.3 is 0 Å². The molecule has 0 radical (unpaired) electrons. The Kier molecular flexibility index (Phi) is 3.15. The van der Waals surface area contributed by atoms with E-state index in [1.54, 1.807) is 6.08 Å². The molecule has 1 heterocycles. The predicted octanol–water partition coefficient (Wildman–Crippen LogP) is 4.84. The Morgan fingerprint density at radius 1 is 1.00 bits per heavy atom. The molecule has 1 nitrogen and oxygen atoms in total. The molecular formula is C19H15N. The fourth-order valence-corrected chi connectivity index (χ4v) is 2.63. The third-order valence-electron chi connectivity index (χ3n) is 3.48. The highest BCUT2D eigenvalue weighted by Gasteiger charge is 2.10. The summed E-state index contributed by atoms with van der Waals surface area (Å²) in [6.07, 6.45) is 11.1. The maximum atomic E-state index is 5.34. The van der Waals surface area contributed by atoms with E-state index < -0.39 is 0 Å². The summed E-state index contributed by atoms with van der Waals surface area (Å²) in [5, 5.41) is 2.52. The molecule has 2 aromatic carbocycles. The Labute approximate surface area is 118 Å². The van der Waals surface area contributed by atoms with E-state index in [2.05, 4.69) is 65.1 Å². The van der Waals surface area contributed by atoms with Gasteiger partial charge in [0.05, 0.1) is 11.0 Å². The van der Waals surface area contributed by atoms with Crippen molar-refractivity contribution in [3.05, 3.63) is 66.8 Å². The van der Waals surface area contributed by atoms with Crippen LogP contribution < -0.4 is 0 Å². The third-order valence-corrected chi connectivity index (χ3v) is 3.48. The fourth-order valence-electron chi connectivity index (χ4n) is 2.63. The molecule has 0 fully saturated rings. The van der Waals surface area contributed by atoms with E-state index in [4.69, 9.17) is 6.42 Å². The van der Waals surface area contributed by atoms with Crippen LogP contribution >= 0.6 is 0 Å². The van der Waals surface area contributed by atoms with Crippen molar-refractivity contribution in [1.82, 2.24) is 4.57 Å². The quantitative estimate of drug-likeness (QED) is 0.457. The minimum absolute atomic E-state index is 1.08. The van der Waals surface area contributed by atoms with Crippen LogP contribution in [0.15, 0.2) is 66.8 Å². The standard InChI is InChI=1S/C19H15N/c1-3-5-10-15(4-2)20-18-13-8-6-11-16(18)17-12-7-9-14-19(17)20/h1,4-14H,2H3/b10-5-,15-4+. The number of para-hydroxylation sites is 2. The number of hydrogen-bond donors (Lipinski definition) is 0. The van der Waals surface area contributed by atoms with Gasteiger partial charge in [-0.2, -0.15) is 0 Å². The van der Waals surface area contributed by atoms with E-state index in [1.807, 2.05) is 13.0 Å². The van der Waals surface area contributed by atoms with Crippen LogP contribution in [0.3, 0.4) is 0 Å². The van der Waals surface area contributed by atoms with Gasteiger partial charge in [0, 0.05) is 16.5 Å². The molecule has 0 aliphatic rings. The molecule has 0 spiro atoms. The van der Waals surface area contributed by atoms with E-state index in [0.29, 0.717) is 0 Å². The molecule has 1 aromatic heterocycles. The lowest BCUT2D eigenvalue weighted by atomic mass is 10.2. The van der Waals surface area contributed by atoms with Gasteiger partial charge in [0.25, 0.3) is 0 Å². The molecule has 0 atom stereocenters. The van der Waals surface area contributed by atoms with Gasteiger partial charge in [-0.3, -0.25) is 0 Å². The van der Waals surface area contributed by atoms with Crippen LogP contribution in [-0.2, 0) is 0 Å². The summed E-state index contributed by atoms with van der Waals surface area (Å²) in [4.78, 5) is 0. The molecule has 3 aromatic rings. The molecule has 3 rings (SSSR count). The highest BCUT2D eigenvalue weighted by molar-refractivity contribution is 6.10. The van der Waals surface area contributed by atoms with E-state index in [0.717, 1.165) is 5.70 Å². The number of rotatable bonds is 2. The molecule has 0 bridgehead atoms. The van der Waals surface area contributed by atoms with Crippen molar-refractivity contribution in [3.63, 3.8) is 0 Å². The number of nitrogens with zero attached hydrogens (tertiary/aromatic N) is 1. The van der Waals surface area contributed by atoms with Crippen LogP contribution in [0, 0.1) is 12.3 Å². The first-order valence-corrected chi connectivity index (χ1v) is 6.64. The van der Waals surface area contributed by atoms with Gasteiger partial charge in [0.15, 0.2) is 0 Å². The van der Waals surface area contributed by atoms with Gasteiger partial charge < -0.3 is 4.57 Å². The number of benzene rings is 2. The average molecular weight is 257 g/mol. The Morgan fingerprint density at radius 3 is 2.05 bits per heavy atom. The van der Waals surface area contributed by atoms with Crippen LogP contribution in [-0.4, -0.2) is 4.57 Å². The summed E-state index contributed by atoms with van der Waals surface area (Å²) >= 11 is 0. The van der Waals surface area contributed by atoms with Crippen molar-refractivity contribution in [2.75, 3.05) is 0 Å². The normalized spacial score (nSPS) is 12.3. The third kappa shape index (κ3) is 1.83. The summed E-state index contributed by atoms with van der Waals surface area (Å²) in [7, 11) is 0. The lowest BCUT2D eigenvalue weighted by Gasteiger charge is -2.07. The monoisotopic (exact) mass is 257 g/mol. The van der Waals surface area contributed by atoms with Crippen LogP contribution in [0.2, 0.25) is 0 Å². The van der Waals surface area contributed by atoms with Gasteiger partial charge in [-0.25, -0.2) is 0 Å². The van der Waals surface area contributed by atoms with Gasteiger partial charge in [-0.15, -0.1) is 6.42 Å². The van der Waals surface area contributed by atoms with Gasteiger partial charge in [-0.05, 0) is 31.2 Å². The zero-order valence-electron chi connectivity index (χ0n) is 11.4. The topological polar surface area (TPSA) is 4.93 Å². The Bertz CT molecular complexity index is 816. The second-order valence-corrected chi connectivity index (χ2v) is 4.58. The van der Waals surface area contributed by atoms with E-state index in [-0.39, 0.29) is 0 Å². The number of allylic oxidation sites excluding steroid dienone is 4. The molecule has 0 aliphatic carbocycles. The smallest absolute Gasteiger partial charge is 0.0540 e. The minimum Gasteiger partial charge on any atom is -0.310 e. The molecule has 0 aliphatic heterocycles. The first-order chi connectivity index (χ1) is 9.86. The molecule has 1 heteroatoms. The van der Waals surface area contributed by atoms with Crippen molar-refractivity contribution in [1.29, 1.82) is 0 Å². The van der Waals surface area contributed by atoms with E-state index in [1.165, 1.54) is 21.8 Å². The summed E-state index contributed by atoms with van der Waals surface area (Å²) in [5.41, 5.74) is 3.48. The van der Waals surface area contributed by atoms with Gasteiger partial charge in [0.2, 0.25) is 0 Å². The second kappa shape index (κ2) is 5.11. The maximum absolute atomic E-state index is 5.34. The summed E-state index contributed by atoms with van der Waals surface area (Å²) in [6, 6.07) is 16.9. The van der Waals surface area contributed by atoms with E-state index in [9.17, 15) is 0 Å². The van der Waals surface area contributed by atoms with Crippen LogP contribution in [0.5, 0.6) is 0 Å². The van der Waals surface area contributed by atoms with Crippen LogP contribution in [0.1, 0.15) is 6.92 Å². The summed E-state index contributed by atoms with van der Waals surface area (Å²) in [5.74, 6) is 2.56. The minimum atomic E-state index is 1.08. The SMILES string of the molecule is C#C/C=C\C(=C/C)n1c2ccccc2c2ccccc21. The summed E-state index contributed by atoms with van der Waals surface area (Å²) < 4.78 is 2.25. The Morgan fingerprint density at radius 2 is 1.55 bits per heavy atom. The first kappa shape index (κ1) is 12.3. The van der Waals surface area contributed by atoms with Crippen molar-refractivity contribution in [3.8, 4) is 12.3 Å². The number of terminal acetylenes is 1. The van der Waals surface area contributed by atoms with E-state index >= 15 is 0 Å². The predicted molar refractivity (Wildman–Crippen MR) is 87.4 cm³/mol. The highest BCUT2D eigenvalue weighted by atomic mass is 15.0. The Hall–Kier alpha value is -2.72. The molecular weight excluding hydrogens is 242 g/mol. The molecule has 0 saturated heterocycles. The lowest BCUT2D eigenvalue weighted by molar-refractivity contribution is 1.23. The Balaban J connectivity index is 2.43. The number of aromatic nitrogens is 1. The van der Waals surface area contributed by atoms with Gasteiger partial charge in [0.1, 0.15) is 0 Å². The molecule has 0 saturated carbocycles. The number of fused-ring (bicyclic) bond motifs is 3. The molecule has 0 N–H and O–H groups in total. The summed E-state index contributed by atoms with van der Waals surface area (Å²) in [6.45, 7) is 2.03. The largest absolute Gasteiger partial charge is 0.310 e. The average Bonchev–Trinajstić information content (AvgIpc) is 2.84.